The van der Waals surface area contributed by atoms with Gasteiger partial charge in [-0.05, 0) is 36.2 Å². The molecule has 8 nitrogen and oxygen atoms in total. The summed E-state index contributed by atoms with van der Waals surface area (Å²) in [6, 6.07) is 9.03. The number of nitrogens with one attached hydrogen (secondary N) is 1. The molecule has 12 heteroatoms. The molecule has 0 fully saturated rings. The smallest absolute Gasteiger partial charge is 0.304 e. The van der Waals surface area contributed by atoms with E-state index in [0.717, 1.165) is 10.4 Å². The Balaban J connectivity index is 2.54. The Kier molecular flexibility index (Phi) is 9.69. The van der Waals surface area contributed by atoms with E-state index in [1.165, 1.54) is 50.3 Å². The zero-order valence-corrected chi connectivity index (χ0v) is 21.6. The second kappa shape index (κ2) is 11.8. The molecule has 1 atom stereocenters. The average Bonchev–Trinajstić information content (AvgIpc) is 2.78. The van der Waals surface area contributed by atoms with Crippen LogP contribution in [0.1, 0.15) is 18.9 Å². The third-order valence-corrected chi connectivity index (χ3v) is 7.52. The first-order valence-electron chi connectivity index (χ1n) is 10.3. The van der Waals surface area contributed by atoms with Gasteiger partial charge in [-0.3, -0.25) is 9.59 Å². The Labute approximate surface area is 209 Å². The lowest BCUT2D eigenvalue weighted by Gasteiger charge is -2.33. The second-order valence-corrected chi connectivity index (χ2v) is 10.5. The van der Waals surface area contributed by atoms with Gasteiger partial charge >= 0.3 is 10.2 Å². The fourth-order valence-corrected chi connectivity index (χ4v) is 4.81. The number of rotatable bonds is 10. The minimum Gasteiger partial charge on any atom is -0.357 e. The Bertz CT molecular complexity index is 1150. The summed E-state index contributed by atoms with van der Waals surface area (Å²) >= 11 is 12.3. The highest BCUT2D eigenvalue weighted by Crippen LogP contribution is 2.26. The van der Waals surface area contributed by atoms with Crippen molar-refractivity contribution in [1.29, 1.82) is 0 Å². The van der Waals surface area contributed by atoms with Crippen LogP contribution < -0.4 is 9.62 Å². The van der Waals surface area contributed by atoms with Gasteiger partial charge in [0.25, 0.3) is 0 Å². The molecule has 0 heterocycles. The molecular formula is C22H27Cl2FN4O4S. The zero-order chi connectivity index (χ0) is 25.6. The molecule has 0 unspecified atom stereocenters. The van der Waals surface area contributed by atoms with Crippen molar-refractivity contribution < 1.29 is 22.4 Å². The van der Waals surface area contributed by atoms with Crippen LogP contribution in [0.25, 0.3) is 0 Å². The molecule has 1 N–H and O–H groups in total. The zero-order valence-electron chi connectivity index (χ0n) is 19.3. The van der Waals surface area contributed by atoms with Crippen molar-refractivity contribution in [2.45, 2.75) is 25.9 Å². The van der Waals surface area contributed by atoms with Crippen LogP contribution in [-0.4, -0.2) is 63.2 Å². The van der Waals surface area contributed by atoms with Gasteiger partial charge < -0.3 is 10.2 Å². The first-order valence-corrected chi connectivity index (χ1v) is 12.5. The van der Waals surface area contributed by atoms with Gasteiger partial charge in [0, 0.05) is 37.7 Å². The van der Waals surface area contributed by atoms with Crippen LogP contribution >= 0.6 is 23.2 Å². The standard InChI is InChI=1S/C22H27Cl2FN4O4S/c1-5-19(22(31)26-2)28(13-15-10-11-16(23)12-17(15)24)21(30)14-29(34(32,33)27(3)4)20-9-7-6-8-18(20)25/h6-12,19H,5,13-14H2,1-4H3,(H,26,31)/t19-/m0/s1. The summed E-state index contributed by atoms with van der Waals surface area (Å²) in [4.78, 5) is 27.3. The van der Waals surface area contributed by atoms with Gasteiger partial charge in [0.1, 0.15) is 18.4 Å². The number of hydrogen-bond acceptors (Lipinski definition) is 4. The van der Waals surface area contributed by atoms with Crippen molar-refractivity contribution in [3.63, 3.8) is 0 Å². The van der Waals surface area contributed by atoms with Gasteiger partial charge in [-0.25, -0.2) is 8.70 Å². The third kappa shape index (κ3) is 6.38. The highest BCUT2D eigenvalue weighted by Gasteiger charge is 2.34. The van der Waals surface area contributed by atoms with Gasteiger partial charge in [0.2, 0.25) is 11.8 Å². The first kappa shape index (κ1) is 27.8. The van der Waals surface area contributed by atoms with E-state index in [2.05, 4.69) is 5.32 Å². The largest absolute Gasteiger partial charge is 0.357 e. The molecule has 0 aliphatic carbocycles. The summed E-state index contributed by atoms with van der Waals surface area (Å²) in [5.41, 5.74) is 0.219. The summed E-state index contributed by atoms with van der Waals surface area (Å²) in [7, 11) is -0.265. The predicted molar refractivity (Wildman–Crippen MR) is 132 cm³/mol. The molecule has 0 bridgehead atoms. The number of hydrogen-bond donors (Lipinski definition) is 1. The van der Waals surface area contributed by atoms with E-state index in [4.69, 9.17) is 23.2 Å². The predicted octanol–water partition coefficient (Wildman–Crippen LogP) is 3.30. The van der Waals surface area contributed by atoms with Gasteiger partial charge in [-0.1, -0.05) is 48.3 Å². The number of nitrogens with zero attached hydrogens (tertiary/aromatic N) is 3. The molecule has 0 aromatic heterocycles. The van der Waals surface area contributed by atoms with Crippen LogP contribution in [0.15, 0.2) is 42.5 Å². The minimum absolute atomic E-state index is 0.0894. The summed E-state index contributed by atoms with van der Waals surface area (Å²) in [5.74, 6) is -1.96. The van der Waals surface area contributed by atoms with E-state index < -0.39 is 40.4 Å². The van der Waals surface area contributed by atoms with E-state index in [-0.39, 0.29) is 23.7 Å². The van der Waals surface area contributed by atoms with E-state index in [1.807, 2.05) is 0 Å². The minimum atomic E-state index is -4.25. The maximum atomic E-state index is 14.6. The lowest BCUT2D eigenvalue weighted by molar-refractivity contribution is -0.140. The Morgan fingerprint density at radius 1 is 1.12 bits per heavy atom. The highest BCUT2D eigenvalue weighted by atomic mass is 35.5. The molecule has 2 rings (SSSR count). The number of anilines is 1. The van der Waals surface area contributed by atoms with Crippen molar-refractivity contribution in [3.05, 3.63) is 63.9 Å². The second-order valence-electron chi connectivity index (χ2n) is 7.54. The average molecular weight is 533 g/mol. The number of carbonyl (C=O) groups excluding carboxylic acids is 2. The molecule has 0 aliphatic heterocycles. The number of benzene rings is 2. The quantitative estimate of drug-likeness (QED) is 0.508. The summed E-state index contributed by atoms with van der Waals surface area (Å²) in [6.07, 6.45) is 0.247. The van der Waals surface area contributed by atoms with E-state index in [9.17, 15) is 22.4 Å². The molecule has 0 saturated carbocycles. The molecule has 186 valence electrons. The molecule has 34 heavy (non-hydrogen) atoms. The van der Waals surface area contributed by atoms with E-state index >= 15 is 0 Å². The first-order chi connectivity index (χ1) is 15.9. The summed E-state index contributed by atoms with van der Waals surface area (Å²) in [5, 5.41) is 3.19. The lowest BCUT2D eigenvalue weighted by atomic mass is 10.1. The fourth-order valence-electron chi connectivity index (χ4n) is 3.28. The molecule has 0 aliphatic rings. The number of amides is 2. The molecule has 2 aromatic carbocycles. The molecule has 0 spiro atoms. The SMILES string of the molecule is CC[C@@H](C(=O)NC)N(Cc1ccc(Cl)cc1Cl)C(=O)CN(c1ccccc1F)S(=O)(=O)N(C)C. The number of likely N-dealkylation sites (N-methyl/N-ethyl adjacent to an activating group) is 1. The molecule has 2 aromatic rings. The van der Waals surface area contributed by atoms with Crippen molar-refractivity contribution >= 4 is 50.9 Å². The maximum absolute atomic E-state index is 14.6. The van der Waals surface area contributed by atoms with Gasteiger partial charge in [-0.15, -0.1) is 0 Å². The molecule has 0 saturated heterocycles. The Morgan fingerprint density at radius 2 is 1.76 bits per heavy atom. The number of carbonyl (C=O) groups is 2. The normalized spacial score (nSPS) is 12.4. The monoisotopic (exact) mass is 532 g/mol. The maximum Gasteiger partial charge on any atom is 0.304 e. The van der Waals surface area contributed by atoms with Crippen molar-refractivity contribution in [1.82, 2.24) is 14.5 Å². The molecule has 0 radical (unpaired) electrons. The van der Waals surface area contributed by atoms with Crippen LogP contribution in [0.4, 0.5) is 10.1 Å². The Morgan fingerprint density at radius 3 is 2.29 bits per heavy atom. The van der Waals surface area contributed by atoms with Gasteiger partial charge in [0.05, 0.1) is 5.69 Å². The van der Waals surface area contributed by atoms with Crippen LogP contribution in [0.3, 0.4) is 0 Å². The molecular weight excluding hydrogens is 506 g/mol. The number of halogens is 3. The summed E-state index contributed by atoms with van der Waals surface area (Å²) in [6.45, 7) is 0.892. The van der Waals surface area contributed by atoms with Crippen LogP contribution in [-0.2, 0) is 26.3 Å². The van der Waals surface area contributed by atoms with Crippen LogP contribution in [0.5, 0.6) is 0 Å². The summed E-state index contributed by atoms with van der Waals surface area (Å²) < 4.78 is 42.2. The van der Waals surface area contributed by atoms with E-state index in [0.29, 0.717) is 14.9 Å². The number of para-hydroxylation sites is 1. The topological polar surface area (TPSA) is 90.0 Å². The highest BCUT2D eigenvalue weighted by molar-refractivity contribution is 7.90. The van der Waals surface area contributed by atoms with Gasteiger partial charge in [0.15, 0.2) is 0 Å². The Hall–Kier alpha value is -2.40. The molecule has 2 amide bonds. The van der Waals surface area contributed by atoms with Crippen molar-refractivity contribution in [2.24, 2.45) is 0 Å². The van der Waals surface area contributed by atoms with Crippen molar-refractivity contribution in [2.75, 3.05) is 32.0 Å². The van der Waals surface area contributed by atoms with Crippen LogP contribution in [0, 0.1) is 5.82 Å². The lowest BCUT2D eigenvalue weighted by Crippen LogP contribution is -2.53. The van der Waals surface area contributed by atoms with Crippen molar-refractivity contribution in [3.8, 4) is 0 Å². The van der Waals surface area contributed by atoms with Crippen LogP contribution in [0.2, 0.25) is 10.0 Å². The fraction of sp³-hybridized carbons (Fsp3) is 0.364. The third-order valence-electron chi connectivity index (χ3n) is 5.13. The van der Waals surface area contributed by atoms with E-state index in [1.54, 1.807) is 19.1 Å². The van der Waals surface area contributed by atoms with Gasteiger partial charge in [-0.2, -0.15) is 12.7 Å².